The molecule has 2 N–H and O–H groups in total. The highest BCUT2D eigenvalue weighted by Gasteiger charge is 2.34. The van der Waals surface area contributed by atoms with Gasteiger partial charge >= 0.3 is 0 Å². The summed E-state index contributed by atoms with van der Waals surface area (Å²) < 4.78 is 0. The molecule has 108 valence electrons. The summed E-state index contributed by atoms with van der Waals surface area (Å²) >= 11 is 0. The highest BCUT2D eigenvalue weighted by atomic mass is 16.2. The van der Waals surface area contributed by atoms with E-state index in [0.29, 0.717) is 24.3 Å². The van der Waals surface area contributed by atoms with Crippen molar-refractivity contribution in [1.29, 1.82) is 0 Å². The monoisotopic (exact) mass is 265 g/mol. The average molecular weight is 265 g/mol. The molecule has 1 amide bonds. The van der Waals surface area contributed by atoms with Gasteiger partial charge in [-0.25, -0.2) is 0 Å². The maximum Gasteiger partial charge on any atom is 0.224 e. The molecule has 1 aliphatic carbocycles. The normalized spacial score (nSPS) is 30.6. The number of nitrogens with two attached hydrogens (primary N) is 1. The minimum Gasteiger partial charge on any atom is -0.341 e. The van der Waals surface area contributed by atoms with Gasteiger partial charge in [-0.3, -0.25) is 9.69 Å². The Bertz CT molecular complexity index is 323. The van der Waals surface area contributed by atoms with Gasteiger partial charge in [0, 0.05) is 31.6 Å². The van der Waals surface area contributed by atoms with Crippen molar-refractivity contribution in [2.45, 2.75) is 57.0 Å². The van der Waals surface area contributed by atoms with E-state index < -0.39 is 0 Å². The van der Waals surface area contributed by atoms with E-state index in [1.54, 1.807) is 0 Å². The molecule has 2 saturated heterocycles. The second-order valence-electron chi connectivity index (χ2n) is 6.58. The highest BCUT2D eigenvalue weighted by Crippen LogP contribution is 2.33. The first-order chi connectivity index (χ1) is 9.24. The van der Waals surface area contributed by atoms with Crippen LogP contribution in [0.4, 0.5) is 0 Å². The molecule has 2 aliphatic heterocycles. The van der Waals surface area contributed by atoms with Crippen molar-refractivity contribution in [3.63, 3.8) is 0 Å². The number of amides is 1. The predicted octanol–water partition coefficient (Wildman–Crippen LogP) is 1.20. The summed E-state index contributed by atoms with van der Waals surface area (Å²) in [4.78, 5) is 16.9. The predicted molar refractivity (Wildman–Crippen MR) is 75.7 cm³/mol. The molecule has 3 aliphatic rings. The fourth-order valence-electron chi connectivity index (χ4n) is 3.57. The van der Waals surface area contributed by atoms with E-state index in [0.717, 1.165) is 19.5 Å². The number of likely N-dealkylation sites (tertiary alicyclic amines) is 2. The molecular formula is C15H27N3O. The third-order valence-electron chi connectivity index (χ3n) is 5.06. The van der Waals surface area contributed by atoms with Crippen molar-refractivity contribution >= 4 is 5.91 Å². The molecule has 1 saturated carbocycles. The van der Waals surface area contributed by atoms with Gasteiger partial charge in [-0.1, -0.05) is 6.42 Å². The first-order valence-corrected chi connectivity index (χ1v) is 8.01. The average Bonchev–Trinajstić information content (AvgIpc) is 3.17. The molecule has 0 spiro atoms. The Morgan fingerprint density at radius 1 is 1.11 bits per heavy atom. The standard InChI is InChI=1S/C15H27N3O/c16-14(12-4-5-12)10-15(19)18-9-6-13(11-18)17-7-2-1-3-8-17/h12-14H,1-11,16H2. The van der Waals surface area contributed by atoms with Gasteiger partial charge in [-0.05, 0) is 51.1 Å². The summed E-state index contributed by atoms with van der Waals surface area (Å²) in [5.74, 6) is 0.920. The Balaban J connectivity index is 1.46. The number of piperidine rings is 1. The topological polar surface area (TPSA) is 49.6 Å². The van der Waals surface area contributed by atoms with Crippen molar-refractivity contribution in [2.75, 3.05) is 26.2 Å². The first-order valence-electron chi connectivity index (χ1n) is 8.01. The molecule has 2 heterocycles. The van der Waals surface area contributed by atoms with Gasteiger partial charge in [-0.15, -0.1) is 0 Å². The van der Waals surface area contributed by atoms with Crippen LogP contribution in [0, 0.1) is 5.92 Å². The lowest BCUT2D eigenvalue weighted by atomic mass is 10.1. The Morgan fingerprint density at radius 2 is 1.84 bits per heavy atom. The number of nitrogens with zero attached hydrogens (tertiary/aromatic N) is 2. The third-order valence-corrected chi connectivity index (χ3v) is 5.06. The summed E-state index contributed by atoms with van der Waals surface area (Å²) in [6.45, 7) is 4.34. The second kappa shape index (κ2) is 5.80. The van der Waals surface area contributed by atoms with E-state index in [4.69, 9.17) is 5.73 Å². The largest absolute Gasteiger partial charge is 0.341 e. The van der Waals surface area contributed by atoms with E-state index in [2.05, 4.69) is 9.80 Å². The lowest BCUT2D eigenvalue weighted by Crippen LogP contribution is -2.42. The SMILES string of the molecule is NC(CC(=O)N1CCC(N2CCCCC2)C1)C1CC1. The highest BCUT2D eigenvalue weighted by molar-refractivity contribution is 5.77. The van der Waals surface area contributed by atoms with Gasteiger partial charge in [0.1, 0.15) is 0 Å². The molecule has 0 radical (unpaired) electrons. The lowest BCUT2D eigenvalue weighted by Gasteiger charge is -2.32. The zero-order valence-electron chi connectivity index (χ0n) is 11.9. The molecule has 3 rings (SSSR count). The van der Waals surface area contributed by atoms with Gasteiger partial charge in [0.15, 0.2) is 0 Å². The molecule has 4 nitrogen and oxygen atoms in total. The molecule has 2 unspecified atom stereocenters. The molecule has 19 heavy (non-hydrogen) atoms. The van der Waals surface area contributed by atoms with Crippen molar-refractivity contribution in [1.82, 2.24) is 9.80 Å². The van der Waals surface area contributed by atoms with Crippen molar-refractivity contribution in [2.24, 2.45) is 11.7 Å². The molecular weight excluding hydrogens is 238 g/mol. The van der Waals surface area contributed by atoms with E-state index in [-0.39, 0.29) is 6.04 Å². The smallest absolute Gasteiger partial charge is 0.224 e. The first kappa shape index (κ1) is 13.4. The van der Waals surface area contributed by atoms with Crippen LogP contribution in [-0.2, 0) is 4.79 Å². The molecule has 0 aromatic heterocycles. The van der Waals surface area contributed by atoms with E-state index >= 15 is 0 Å². The van der Waals surface area contributed by atoms with Gasteiger partial charge in [0.25, 0.3) is 0 Å². The third kappa shape index (κ3) is 3.29. The zero-order valence-corrected chi connectivity index (χ0v) is 11.9. The number of carbonyl (C=O) groups is 1. The Morgan fingerprint density at radius 3 is 2.53 bits per heavy atom. The van der Waals surface area contributed by atoms with Gasteiger partial charge < -0.3 is 10.6 Å². The minimum absolute atomic E-state index is 0.113. The maximum absolute atomic E-state index is 12.2. The summed E-state index contributed by atoms with van der Waals surface area (Å²) in [7, 11) is 0. The van der Waals surface area contributed by atoms with E-state index in [1.165, 1.54) is 45.2 Å². The van der Waals surface area contributed by atoms with E-state index in [9.17, 15) is 4.79 Å². The van der Waals surface area contributed by atoms with Crippen molar-refractivity contribution in [3.8, 4) is 0 Å². The van der Waals surface area contributed by atoms with Gasteiger partial charge in [0.2, 0.25) is 5.91 Å². The molecule has 0 aromatic rings. The molecule has 3 fully saturated rings. The number of hydrogen-bond donors (Lipinski definition) is 1. The van der Waals surface area contributed by atoms with Crippen molar-refractivity contribution < 1.29 is 4.79 Å². The van der Waals surface area contributed by atoms with Crippen LogP contribution in [0.2, 0.25) is 0 Å². The number of rotatable bonds is 4. The summed E-state index contributed by atoms with van der Waals surface area (Å²) in [5, 5.41) is 0. The van der Waals surface area contributed by atoms with Crippen molar-refractivity contribution in [3.05, 3.63) is 0 Å². The molecule has 0 aromatic carbocycles. The molecule has 4 heteroatoms. The lowest BCUT2D eigenvalue weighted by molar-refractivity contribution is -0.130. The fourth-order valence-corrected chi connectivity index (χ4v) is 3.57. The quantitative estimate of drug-likeness (QED) is 0.831. The summed E-state index contributed by atoms with van der Waals surface area (Å²) in [6.07, 6.45) is 8.22. The number of carbonyl (C=O) groups excluding carboxylic acids is 1. The fraction of sp³-hybridized carbons (Fsp3) is 0.933. The minimum atomic E-state index is 0.113. The van der Waals surface area contributed by atoms with Crippen LogP contribution in [0.15, 0.2) is 0 Å². The van der Waals surface area contributed by atoms with Crippen LogP contribution in [0.3, 0.4) is 0 Å². The van der Waals surface area contributed by atoms with Crippen LogP contribution in [-0.4, -0.2) is 54.0 Å². The van der Waals surface area contributed by atoms with Crippen LogP contribution < -0.4 is 5.73 Å². The Labute approximate surface area is 116 Å². The maximum atomic E-state index is 12.2. The van der Waals surface area contributed by atoms with Crippen LogP contribution >= 0.6 is 0 Å². The van der Waals surface area contributed by atoms with Crippen LogP contribution in [0.5, 0.6) is 0 Å². The van der Waals surface area contributed by atoms with Crippen LogP contribution in [0.25, 0.3) is 0 Å². The van der Waals surface area contributed by atoms with E-state index in [1.807, 2.05) is 0 Å². The molecule has 2 atom stereocenters. The number of hydrogen-bond acceptors (Lipinski definition) is 3. The zero-order chi connectivity index (χ0) is 13.2. The van der Waals surface area contributed by atoms with Crippen LogP contribution in [0.1, 0.15) is 44.9 Å². The Hall–Kier alpha value is -0.610. The Kier molecular flexibility index (Phi) is 4.08. The molecule has 0 bridgehead atoms. The summed E-state index contributed by atoms with van der Waals surface area (Å²) in [5.41, 5.74) is 6.07. The summed E-state index contributed by atoms with van der Waals surface area (Å²) in [6, 6.07) is 0.725. The second-order valence-corrected chi connectivity index (χ2v) is 6.58. The van der Waals surface area contributed by atoms with Gasteiger partial charge in [-0.2, -0.15) is 0 Å². The van der Waals surface area contributed by atoms with Gasteiger partial charge in [0.05, 0.1) is 0 Å².